The van der Waals surface area contributed by atoms with E-state index in [1.54, 1.807) is 12.1 Å². The second-order valence-corrected chi connectivity index (χ2v) is 6.18. The number of nitrogens with zero attached hydrogens (tertiary/aromatic N) is 1. The summed E-state index contributed by atoms with van der Waals surface area (Å²) in [5.41, 5.74) is 0. The lowest BCUT2D eigenvalue weighted by Gasteiger charge is -2.34. The van der Waals surface area contributed by atoms with E-state index < -0.39 is 6.10 Å². The molecular formula is C17H25ClN2O2. The molecule has 4 nitrogen and oxygen atoms in total. The summed E-state index contributed by atoms with van der Waals surface area (Å²) in [6.45, 7) is 4.61. The van der Waals surface area contributed by atoms with E-state index in [1.807, 2.05) is 31.0 Å². The predicted octanol–water partition coefficient (Wildman–Crippen LogP) is 2.96. The van der Waals surface area contributed by atoms with Gasteiger partial charge in [0.25, 0.3) is 5.91 Å². The number of nitrogens with one attached hydrogen (secondary N) is 1. The highest BCUT2D eigenvalue weighted by Crippen LogP contribution is 2.26. The molecule has 0 aromatic heterocycles. The summed E-state index contributed by atoms with van der Waals surface area (Å²) in [6.07, 6.45) is 2.28. The average Bonchev–Trinajstić information content (AvgIpc) is 2.54. The Hall–Kier alpha value is -1.26. The van der Waals surface area contributed by atoms with Crippen LogP contribution in [0.15, 0.2) is 24.3 Å². The van der Waals surface area contributed by atoms with Crippen LogP contribution in [0.5, 0.6) is 5.75 Å². The lowest BCUT2D eigenvalue weighted by atomic mass is 9.96. The van der Waals surface area contributed by atoms with Crippen LogP contribution in [-0.4, -0.2) is 43.6 Å². The highest BCUT2D eigenvalue weighted by Gasteiger charge is 2.28. The van der Waals surface area contributed by atoms with Crippen molar-refractivity contribution in [1.82, 2.24) is 10.2 Å². The zero-order valence-electron chi connectivity index (χ0n) is 13.3. The van der Waals surface area contributed by atoms with Gasteiger partial charge in [0, 0.05) is 13.1 Å². The Morgan fingerprint density at radius 3 is 2.68 bits per heavy atom. The zero-order chi connectivity index (χ0) is 15.9. The molecule has 1 N–H and O–H groups in total. The molecule has 0 radical (unpaired) electrons. The zero-order valence-corrected chi connectivity index (χ0v) is 14.1. The number of ether oxygens (including phenoxy) is 1. The van der Waals surface area contributed by atoms with Gasteiger partial charge in [-0.3, -0.25) is 4.79 Å². The minimum Gasteiger partial charge on any atom is -0.479 e. The topological polar surface area (TPSA) is 41.6 Å². The van der Waals surface area contributed by atoms with Crippen molar-refractivity contribution in [3.05, 3.63) is 29.3 Å². The number of carbonyl (C=O) groups is 1. The lowest BCUT2D eigenvalue weighted by molar-refractivity contribution is -0.140. The maximum Gasteiger partial charge on any atom is 0.263 e. The number of carbonyl (C=O) groups excluding carboxylic acids is 1. The first-order valence-electron chi connectivity index (χ1n) is 8.00. The van der Waals surface area contributed by atoms with Crippen molar-refractivity contribution in [2.45, 2.75) is 32.3 Å². The molecule has 0 bridgehead atoms. The molecule has 1 aromatic rings. The number of piperidine rings is 1. The third-order valence-corrected chi connectivity index (χ3v) is 4.48. The molecule has 1 heterocycles. The van der Waals surface area contributed by atoms with Gasteiger partial charge in [-0.2, -0.15) is 0 Å². The third kappa shape index (κ3) is 4.37. The van der Waals surface area contributed by atoms with E-state index in [9.17, 15) is 4.79 Å². The van der Waals surface area contributed by atoms with Gasteiger partial charge in [-0.05, 0) is 50.9 Å². The van der Waals surface area contributed by atoms with E-state index in [1.165, 1.54) is 0 Å². The van der Waals surface area contributed by atoms with E-state index in [-0.39, 0.29) is 5.91 Å². The summed E-state index contributed by atoms with van der Waals surface area (Å²) in [7, 11) is 1.97. The molecule has 22 heavy (non-hydrogen) atoms. The largest absolute Gasteiger partial charge is 0.479 e. The van der Waals surface area contributed by atoms with E-state index >= 15 is 0 Å². The summed E-state index contributed by atoms with van der Waals surface area (Å²) >= 11 is 6.11. The van der Waals surface area contributed by atoms with Gasteiger partial charge < -0.3 is 15.0 Å². The Bertz CT molecular complexity index is 487. The first kappa shape index (κ1) is 17.1. The van der Waals surface area contributed by atoms with Gasteiger partial charge >= 0.3 is 0 Å². The molecule has 0 spiro atoms. The number of hydrogen-bond donors (Lipinski definition) is 1. The van der Waals surface area contributed by atoms with Crippen molar-refractivity contribution < 1.29 is 9.53 Å². The molecule has 0 saturated carbocycles. The van der Waals surface area contributed by atoms with E-state index in [0.717, 1.165) is 32.5 Å². The van der Waals surface area contributed by atoms with Crippen molar-refractivity contribution in [3.8, 4) is 5.75 Å². The minimum atomic E-state index is -0.458. The minimum absolute atomic E-state index is 0.0744. The summed E-state index contributed by atoms with van der Waals surface area (Å²) in [4.78, 5) is 14.6. The molecule has 1 aromatic carbocycles. The first-order valence-corrected chi connectivity index (χ1v) is 8.38. The molecule has 1 fully saturated rings. The van der Waals surface area contributed by atoms with Gasteiger partial charge in [0.2, 0.25) is 0 Å². The Morgan fingerprint density at radius 2 is 2.09 bits per heavy atom. The standard InChI is InChI=1S/C17H25ClN2O2/c1-3-15(22-16-7-5-4-6-14(16)18)17(21)20-10-8-13(9-11-20)12-19-2/h4-7,13,15,19H,3,8-12H2,1-2H3. The summed E-state index contributed by atoms with van der Waals surface area (Å²) in [5.74, 6) is 1.32. The van der Waals surface area contributed by atoms with Crippen molar-refractivity contribution in [3.63, 3.8) is 0 Å². The quantitative estimate of drug-likeness (QED) is 0.874. The highest BCUT2D eigenvalue weighted by molar-refractivity contribution is 6.32. The van der Waals surface area contributed by atoms with E-state index in [2.05, 4.69) is 5.32 Å². The average molecular weight is 325 g/mol. The summed E-state index contributed by atoms with van der Waals surface area (Å²) in [5, 5.41) is 3.75. The number of amides is 1. The number of benzene rings is 1. The van der Waals surface area contributed by atoms with Crippen LogP contribution < -0.4 is 10.1 Å². The van der Waals surface area contributed by atoms with Gasteiger partial charge in [0.15, 0.2) is 6.10 Å². The van der Waals surface area contributed by atoms with Crippen LogP contribution in [-0.2, 0) is 4.79 Å². The first-order chi connectivity index (χ1) is 10.7. The van der Waals surface area contributed by atoms with Crippen LogP contribution in [0.3, 0.4) is 0 Å². The Kier molecular flexibility index (Phi) is 6.52. The second-order valence-electron chi connectivity index (χ2n) is 5.77. The number of halogens is 1. The third-order valence-electron chi connectivity index (χ3n) is 4.17. The van der Waals surface area contributed by atoms with Gasteiger partial charge in [-0.25, -0.2) is 0 Å². The molecule has 122 valence electrons. The maximum atomic E-state index is 12.7. The number of rotatable bonds is 6. The molecule has 1 aliphatic rings. The van der Waals surface area contributed by atoms with Crippen molar-refractivity contribution in [2.75, 3.05) is 26.7 Å². The predicted molar refractivity (Wildman–Crippen MR) is 89.4 cm³/mol. The van der Waals surface area contributed by atoms with Crippen LogP contribution in [0.25, 0.3) is 0 Å². The molecule has 1 atom stereocenters. The smallest absolute Gasteiger partial charge is 0.263 e. The van der Waals surface area contributed by atoms with Crippen molar-refractivity contribution in [1.29, 1.82) is 0 Å². The van der Waals surface area contributed by atoms with Crippen molar-refractivity contribution >= 4 is 17.5 Å². The fraction of sp³-hybridized carbons (Fsp3) is 0.588. The molecule has 1 saturated heterocycles. The van der Waals surface area contributed by atoms with E-state index in [0.29, 0.717) is 23.1 Å². The summed E-state index contributed by atoms with van der Waals surface area (Å²) < 4.78 is 5.85. The fourth-order valence-electron chi connectivity index (χ4n) is 2.85. The van der Waals surface area contributed by atoms with Crippen LogP contribution in [0.1, 0.15) is 26.2 Å². The van der Waals surface area contributed by atoms with Gasteiger partial charge in [-0.15, -0.1) is 0 Å². The number of hydrogen-bond acceptors (Lipinski definition) is 3. The maximum absolute atomic E-state index is 12.7. The molecule has 1 unspecified atom stereocenters. The monoisotopic (exact) mass is 324 g/mol. The van der Waals surface area contributed by atoms with Crippen LogP contribution in [0, 0.1) is 5.92 Å². The normalized spacial score (nSPS) is 17.3. The van der Waals surface area contributed by atoms with Gasteiger partial charge in [0.05, 0.1) is 5.02 Å². The molecule has 1 aliphatic heterocycles. The fourth-order valence-corrected chi connectivity index (χ4v) is 3.03. The second kappa shape index (κ2) is 8.39. The lowest BCUT2D eigenvalue weighted by Crippen LogP contribution is -2.46. The number of para-hydroxylation sites is 1. The Labute approximate surface area is 137 Å². The van der Waals surface area contributed by atoms with Crippen LogP contribution in [0.2, 0.25) is 5.02 Å². The van der Waals surface area contributed by atoms with Crippen molar-refractivity contribution in [2.24, 2.45) is 5.92 Å². The Morgan fingerprint density at radius 1 is 1.41 bits per heavy atom. The van der Waals surface area contributed by atoms with Crippen LogP contribution in [0.4, 0.5) is 0 Å². The highest BCUT2D eigenvalue weighted by atomic mass is 35.5. The molecule has 2 rings (SSSR count). The molecule has 0 aliphatic carbocycles. The molecule has 1 amide bonds. The van der Waals surface area contributed by atoms with E-state index in [4.69, 9.17) is 16.3 Å². The van der Waals surface area contributed by atoms with Gasteiger partial charge in [-0.1, -0.05) is 30.7 Å². The summed E-state index contributed by atoms with van der Waals surface area (Å²) in [6, 6.07) is 7.29. The molecule has 5 heteroatoms. The molecular weight excluding hydrogens is 300 g/mol. The Balaban J connectivity index is 1.94. The number of likely N-dealkylation sites (tertiary alicyclic amines) is 1. The van der Waals surface area contributed by atoms with Crippen LogP contribution >= 0.6 is 11.6 Å². The SMILES string of the molecule is CCC(Oc1ccccc1Cl)C(=O)N1CCC(CNC)CC1. The van der Waals surface area contributed by atoms with Gasteiger partial charge in [0.1, 0.15) is 5.75 Å².